The molecule has 0 bridgehead atoms. The summed E-state index contributed by atoms with van der Waals surface area (Å²) in [7, 11) is 0. The van der Waals surface area contributed by atoms with Crippen LogP contribution in [0.25, 0.3) is 131 Å². The molecule has 13 aromatic rings. The van der Waals surface area contributed by atoms with Crippen molar-refractivity contribution in [2.24, 2.45) is 0 Å². The zero-order valence-corrected chi connectivity index (χ0v) is 34.6. The van der Waals surface area contributed by atoms with E-state index in [2.05, 4.69) is 4.98 Å². The molecule has 0 saturated heterocycles. The van der Waals surface area contributed by atoms with Gasteiger partial charge in [-0.25, -0.2) is 4.98 Å². The molecule has 0 fully saturated rings. The fraction of sp³-hybridized carbons (Fsp3) is 0. The molecular weight excluding hydrogens is 829 g/mol. The standard InChI is InChI=1S/C64H40N2S/c1-4-18-41(19-5-1)57-52-29-12-14-31-54(52)60(55-32-15-13-30-53(55)57)64-59(43-22-8-3-9-23-43)58(42-20-6-2-7-21-42)63(67-64)47-25-16-24-46(40-47)48-36-37-51(50-28-11-10-27-49(48)50)56-38-35-45-34-33-44-26-17-39-65-61(44)62(45)66-56/h1-40H/i1D,2D,3D,4D,5D,6D,7D,8D,9D,12D,13D,14D,15D,16D,17D,18D,19D,20D,21D,22D,23D,24D,25D,26D,29D,30D,31D,32D,33D,34D,35D,38D,39D,40D. The van der Waals surface area contributed by atoms with E-state index in [1.807, 2.05) is 0 Å². The lowest BCUT2D eigenvalue weighted by Crippen LogP contribution is -1.91. The molecule has 312 valence electrons. The van der Waals surface area contributed by atoms with Gasteiger partial charge in [0.2, 0.25) is 0 Å². The van der Waals surface area contributed by atoms with E-state index in [0.717, 1.165) is 0 Å². The van der Waals surface area contributed by atoms with Crippen LogP contribution in [0.15, 0.2) is 242 Å². The van der Waals surface area contributed by atoms with E-state index in [1.54, 1.807) is 6.07 Å². The zero-order valence-electron chi connectivity index (χ0n) is 67.8. The zero-order chi connectivity index (χ0) is 73.9. The minimum Gasteiger partial charge on any atom is -0.254 e. The third-order valence-corrected chi connectivity index (χ3v) is 12.2. The van der Waals surface area contributed by atoms with E-state index in [4.69, 9.17) is 26.9 Å². The second-order valence-corrected chi connectivity index (χ2v) is 15.6. The van der Waals surface area contributed by atoms with Gasteiger partial charge in [-0.1, -0.05) is 218 Å². The Morgan fingerprint density at radius 1 is 0.343 bits per heavy atom. The van der Waals surface area contributed by atoms with Crippen molar-refractivity contribution in [3.63, 3.8) is 0 Å². The van der Waals surface area contributed by atoms with Crippen molar-refractivity contribution in [3.8, 4) is 76.6 Å². The Bertz CT molecular complexity index is 5920. The predicted molar refractivity (Wildman–Crippen MR) is 285 cm³/mol. The molecule has 2 nitrogen and oxygen atoms in total. The fourth-order valence-electron chi connectivity index (χ4n) is 8.25. The lowest BCUT2D eigenvalue weighted by molar-refractivity contribution is 1.37. The van der Waals surface area contributed by atoms with Gasteiger partial charge in [-0.05, 0) is 89.4 Å². The summed E-state index contributed by atoms with van der Waals surface area (Å²) in [5.41, 5.74) is -7.93. The molecule has 0 radical (unpaired) electrons. The maximum atomic E-state index is 10.5. The van der Waals surface area contributed by atoms with Crippen LogP contribution < -0.4 is 0 Å². The number of pyridine rings is 2. The summed E-state index contributed by atoms with van der Waals surface area (Å²) in [4.78, 5) is 7.48. The Morgan fingerprint density at radius 3 is 1.48 bits per heavy atom. The highest BCUT2D eigenvalue weighted by molar-refractivity contribution is 7.20. The van der Waals surface area contributed by atoms with Gasteiger partial charge >= 0.3 is 0 Å². The van der Waals surface area contributed by atoms with E-state index in [-0.39, 0.29) is 60.7 Å². The summed E-state index contributed by atoms with van der Waals surface area (Å²) in [5.74, 6) is 0. The van der Waals surface area contributed by atoms with Gasteiger partial charge in [0.1, 0.15) is 0 Å². The first-order valence-electron chi connectivity index (χ1n) is 37.0. The van der Waals surface area contributed by atoms with Gasteiger partial charge in [-0.2, -0.15) is 0 Å². The van der Waals surface area contributed by atoms with E-state index in [9.17, 15) is 24.7 Å². The Hall–Kier alpha value is -8.50. The molecule has 0 N–H and O–H groups in total. The van der Waals surface area contributed by atoms with Crippen molar-refractivity contribution in [2.75, 3.05) is 0 Å². The molecule has 0 saturated carbocycles. The summed E-state index contributed by atoms with van der Waals surface area (Å²) in [6, 6.07) is -22.9. The molecule has 0 aliphatic heterocycles. The first-order chi connectivity index (χ1) is 47.4. The second-order valence-electron chi connectivity index (χ2n) is 14.6. The molecule has 10 aromatic carbocycles. The summed E-state index contributed by atoms with van der Waals surface area (Å²) < 4.78 is 314. The summed E-state index contributed by atoms with van der Waals surface area (Å²) >= 11 is 0.270. The van der Waals surface area contributed by atoms with Gasteiger partial charge in [0.15, 0.2) is 0 Å². The van der Waals surface area contributed by atoms with Crippen LogP contribution in [0.1, 0.15) is 46.6 Å². The van der Waals surface area contributed by atoms with Crippen molar-refractivity contribution in [1.29, 1.82) is 0 Å². The van der Waals surface area contributed by atoms with Crippen LogP contribution in [-0.4, -0.2) is 9.97 Å². The molecule has 3 aromatic heterocycles. The molecule has 0 spiro atoms. The quantitative estimate of drug-likeness (QED) is 0.118. The molecule has 0 aliphatic rings. The molecule has 3 heteroatoms. The van der Waals surface area contributed by atoms with Gasteiger partial charge in [0, 0.05) is 49.0 Å². The summed E-state index contributed by atoms with van der Waals surface area (Å²) in [6.45, 7) is 0. The number of hydrogen-bond acceptors (Lipinski definition) is 3. The van der Waals surface area contributed by atoms with Crippen molar-refractivity contribution < 1.29 is 46.6 Å². The van der Waals surface area contributed by atoms with E-state index in [1.165, 1.54) is 30.3 Å². The van der Waals surface area contributed by atoms with Gasteiger partial charge < -0.3 is 0 Å². The molecule has 0 unspecified atom stereocenters. The Balaban J connectivity index is 1.26. The number of fused-ring (bicyclic) bond motifs is 6. The molecule has 0 atom stereocenters. The van der Waals surface area contributed by atoms with Crippen LogP contribution in [-0.2, 0) is 0 Å². The number of rotatable bonds is 7. The second kappa shape index (κ2) is 16.2. The molecular formula is C64H40N2S. The fourth-order valence-corrected chi connectivity index (χ4v) is 9.57. The van der Waals surface area contributed by atoms with Crippen LogP contribution in [0, 0.1) is 0 Å². The third-order valence-electron chi connectivity index (χ3n) is 11.0. The van der Waals surface area contributed by atoms with Crippen molar-refractivity contribution in [3.05, 3.63) is 242 Å². The normalized spacial score (nSPS) is 18.7. The number of nitrogens with zero attached hydrogens (tertiary/aromatic N) is 2. The molecule has 0 amide bonds. The van der Waals surface area contributed by atoms with Crippen LogP contribution in [0.4, 0.5) is 0 Å². The number of benzene rings is 10. The minimum atomic E-state index is -1.11. The largest absolute Gasteiger partial charge is 0.254 e. The number of aromatic nitrogens is 2. The number of hydrogen-bond donors (Lipinski definition) is 0. The first-order valence-corrected chi connectivity index (χ1v) is 20.9. The van der Waals surface area contributed by atoms with Gasteiger partial charge in [0.25, 0.3) is 0 Å². The monoisotopic (exact) mass is 903 g/mol. The predicted octanol–water partition coefficient (Wildman–Crippen LogP) is 18.0. The van der Waals surface area contributed by atoms with Crippen LogP contribution in [0.3, 0.4) is 0 Å². The van der Waals surface area contributed by atoms with Crippen molar-refractivity contribution in [2.45, 2.75) is 0 Å². The van der Waals surface area contributed by atoms with E-state index in [0.29, 0.717) is 0 Å². The third kappa shape index (κ3) is 6.55. The average Bonchev–Trinajstić information content (AvgIpc) is 1.68. The first kappa shape index (κ1) is 17.7. The highest BCUT2D eigenvalue weighted by atomic mass is 32.1. The van der Waals surface area contributed by atoms with Crippen molar-refractivity contribution >= 4 is 65.5 Å². The molecule has 0 aliphatic carbocycles. The molecule has 67 heavy (non-hydrogen) atoms. The highest BCUT2D eigenvalue weighted by Gasteiger charge is 2.27. The maximum Gasteiger partial charge on any atom is 0.0972 e. The lowest BCUT2D eigenvalue weighted by Gasteiger charge is -2.18. The van der Waals surface area contributed by atoms with Gasteiger partial charge in [-0.15, -0.1) is 11.3 Å². The summed E-state index contributed by atoms with van der Waals surface area (Å²) in [6.07, 6.45) is -0.688. The van der Waals surface area contributed by atoms with E-state index < -0.39 is 287 Å². The van der Waals surface area contributed by atoms with Crippen LogP contribution >= 0.6 is 11.3 Å². The SMILES string of the molecule is [2H]c1nc2c(c([2H])c1[2H])c([2H])c([2H])c1c([2H])c([2H])c(-c3ccc(-c4c([2H])c([2H])c([2H])c(-c5sc(-c6c7c([2H])c([2H])c([2H])c([2H])c7c(-c7c([2H])c([2H])c([2H])c([2H])c7[2H])c7c([2H])c([2H])c([2H])c([2H])c67)c(-c6c([2H])c([2H])c([2H])c([2H])c6[2H])c5-c5c([2H])c([2H])c([2H])c([2H])c5[2H])c4[2H])c4ccccc34)nc12. The Labute approximate surface area is 440 Å². The maximum absolute atomic E-state index is 10.5. The summed E-state index contributed by atoms with van der Waals surface area (Å²) in [5, 5.41) is -3.60. The smallest absolute Gasteiger partial charge is 0.0972 e. The van der Waals surface area contributed by atoms with Crippen molar-refractivity contribution in [1.82, 2.24) is 9.97 Å². The van der Waals surface area contributed by atoms with Crippen LogP contribution in [0.2, 0.25) is 0 Å². The molecule has 13 rings (SSSR count). The van der Waals surface area contributed by atoms with Gasteiger partial charge in [0.05, 0.1) is 63.3 Å². The Kier molecular flexibility index (Phi) is 4.28. The highest BCUT2D eigenvalue weighted by Crippen LogP contribution is 2.56. The lowest BCUT2D eigenvalue weighted by atomic mass is 9.85. The average molecular weight is 903 g/mol. The van der Waals surface area contributed by atoms with Crippen LogP contribution in [0.5, 0.6) is 0 Å². The topological polar surface area (TPSA) is 25.8 Å². The number of thiophene rings is 1. The molecule has 3 heterocycles. The van der Waals surface area contributed by atoms with Gasteiger partial charge in [-0.3, -0.25) is 4.98 Å². The Morgan fingerprint density at radius 2 is 0.836 bits per heavy atom. The minimum absolute atomic E-state index is 0.0674. The van der Waals surface area contributed by atoms with E-state index >= 15 is 0 Å².